The third kappa shape index (κ3) is 2.88. The van der Waals surface area contributed by atoms with Crippen LogP contribution in [-0.4, -0.2) is 29.1 Å². The monoisotopic (exact) mass is 246 g/mol. The van der Waals surface area contributed by atoms with E-state index in [9.17, 15) is 4.79 Å². The summed E-state index contributed by atoms with van der Waals surface area (Å²) in [6.45, 7) is 2.19. The molecule has 0 bridgehead atoms. The second-order valence-corrected chi connectivity index (χ2v) is 4.78. The molecule has 1 fully saturated rings. The lowest BCUT2D eigenvalue weighted by molar-refractivity contribution is -0.131. The van der Waals surface area contributed by atoms with Gasteiger partial charge in [0.05, 0.1) is 0 Å². The molecule has 0 aromatic carbocycles. The van der Waals surface area contributed by atoms with Crippen molar-refractivity contribution in [2.24, 2.45) is 5.92 Å². The lowest BCUT2D eigenvalue weighted by atomic mass is 10.1. The average Bonchev–Trinajstić information content (AvgIpc) is 3.19. The van der Waals surface area contributed by atoms with Gasteiger partial charge in [-0.15, -0.1) is 0 Å². The van der Waals surface area contributed by atoms with Crippen molar-refractivity contribution in [3.63, 3.8) is 0 Å². The molecule has 4 nitrogen and oxygen atoms in total. The molecular weight excluding hydrogens is 228 g/mol. The molecule has 1 saturated carbocycles. The van der Waals surface area contributed by atoms with Crippen molar-refractivity contribution < 1.29 is 9.90 Å². The van der Waals surface area contributed by atoms with Gasteiger partial charge < -0.3 is 10.0 Å². The predicted molar refractivity (Wildman–Crippen MR) is 71.5 cm³/mol. The van der Waals surface area contributed by atoms with Gasteiger partial charge in [-0.3, -0.25) is 0 Å². The Balaban J connectivity index is 2.23. The van der Waals surface area contributed by atoms with E-state index in [-0.39, 0.29) is 0 Å². The van der Waals surface area contributed by atoms with E-state index in [0.717, 1.165) is 23.4 Å². The molecule has 1 N–H and O–H groups in total. The Kier molecular flexibility index (Phi) is 3.65. The average molecular weight is 246 g/mol. The van der Waals surface area contributed by atoms with Gasteiger partial charge in [-0.2, -0.15) is 0 Å². The van der Waals surface area contributed by atoms with E-state index in [4.69, 9.17) is 5.11 Å². The van der Waals surface area contributed by atoms with Crippen LogP contribution in [-0.2, 0) is 4.79 Å². The number of aromatic nitrogens is 1. The van der Waals surface area contributed by atoms with Gasteiger partial charge >= 0.3 is 5.97 Å². The summed E-state index contributed by atoms with van der Waals surface area (Å²) >= 11 is 0. The molecular formula is C14H18N2O2. The molecule has 2 rings (SSSR count). The first-order valence-corrected chi connectivity index (χ1v) is 6.18. The number of pyridine rings is 1. The molecule has 0 amide bonds. The van der Waals surface area contributed by atoms with E-state index in [1.165, 1.54) is 12.8 Å². The summed E-state index contributed by atoms with van der Waals surface area (Å²) in [4.78, 5) is 17.1. The molecule has 0 spiro atoms. The van der Waals surface area contributed by atoms with E-state index in [0.29, 0.717) is 6.04 Å². The van der Waals surface area contributed by atoms with Crippen molar-refractivity contribution in [3.05, 3.63) is 30.0 Å². The van der Waals surface area contributed by atoms with Gasteiger partial charge in [0, 0.05) is 30.9 Å². The molecule has 18 heavy (non-hydrogen) atoms. The molecule has 4 heteroatoms. The van der Waals surface area contributed by atoms with Gasteiger partial charge in [0.15, 0.2) is 0 Å². The molecule has 1 atom stereocenters. The van der Waals surface area contributed by atoms with Crippen LogP contribution >= 0.6 is 0 Å². The highest BCUT2D eigenvalue weighted by Crippen LogP contribution is 2.36. The quantitative estimate of drug-likeness (QED) is 0.811. The van der Waals surface area contributed by atoms with E-state index in [1.54, 1.807) is 12.3 Å². The third-order valence-corrected chi connectivity index (χ3v) is 3.47. The molecule has 0 aliphatic heterocycles. The van der Waals surface area contributed by atoms with Gasteiger partial charge in [0.2, 0.25) is 0 Å². The summed E-state index contributed by atoms with van der Waals surface area (Å²) in [6.07, 6.45) is 7.04. The SMILES string of the molecule is CC(C1CC1)N(C)c1ncccc1/C=C/C(=O)O. The predicted octanol–water partition coefficient (Wildman–Crippen LogP) is 2.41. The minimum Gasteiger partial charge on any atom is -0.478 e. The molecule has 1 aromatic rings. The maximum atomic E-state index is 10.6. The molecule has 1 aliphatic carbocycles. The van der Waals surface area contributed by atoms with E-state index in [1.807, 2.05) is 19.2 Å². The number of carboxylic acids is 1. The first-order chi connectivity index (χ1) is 8.59. The zero-order valence-corrected chi connectivity index (χ0v) is 10.7. The second-order valence-electron chi connectivity index (χ2n) is 4.78. The summed E-state index contributed by atoms with van der Waals surface area (Å²) in [7, 11) is 2.02. The standard InChI is InChI=1S/C14H18N2O2/c1-10(11-5-6-11)16(2)14-12(4-3-9-15-14)7-8-13(17)18/h3-4,7-11H,5-6H2,1-2H3,(H,17,18)/b8-7+. The number of rotatable bonds is 5. The van der Waals surface area contributed by atoms with Gasteiger partial charge in [-0.1, -0.05) is 0 Å². The van der Waals surface area contributed by atoms with Crippen LogP contribution in [0.3, 0.4) is 0 Å². The van der Waals surface area contributed by atoms with E-state index < -0.39 is 5.97 Å². The molecule has 1 unspecified atom stereocenters. The maximum Gasteiger partial charge on any atom is 0.328 e. The zero-order valence-electron chi connectivity index (χ0n) is 10.7. The number of aliphatic carboxylic acids is 1. The molecule has 0 saturated heterocycles. The summed E-state index contributed by atoms with van der Waals surface area (Å²) in [6, 6.07) is 4.15. The Morgan fingerprint density at radius 1 is 1.61 bits per heavy atom. The van der Waals surface area contributed by atoms with Crippen molar-refractivity contribution >= 4 is 17.9 Å². The van der Waals surface area contributed by atoms with Gasteiger partial charge in [0.25, 0.3) is 0 Å². The van der Waals surface area contributed by atoms with Crippen LogP contribution in [0.15, 0.2) is 24.4 Å². The number of carbonyl (C=O) groups is 1. The van der Waals surface area contributed by atoms with Gasteiger partial charge in [0.1, 0.15) is 5.82 Å². The smallest absolute Gasteiger partial charge is 0.328 e. The topological polar surface area (TPSA) is 53.4 Å². The van der Waals surface area contributed by atoms with Crippen LogP contribution in [0.25, 0.3) is 6.08 Å². The number of anilines is 1. The van der Waals surface area contributed by atoms with E-state index in [2.05, 4.69) is 16.8 Å². The third-order valence-electron chi connectivity index (χ3n) is 3.47. The van der Waals surface area contributed by atoms with Gasteiger partial charge in [-0.25, -0.2) is 9.78 Å². The summed E-state index contributed by atoms with van der Waals surface area (Å²) in [5.41, 5.74) is 0.843. The Labute approximate surface area is 107 Å². The lowest BCUT2D eigenvalue weighted by Gasteiger charge is -2.27. The second kappa shape index (κ2) is 5.21. The highest BCUT2D eigenvalue weighted by molar-refractivity contribution is 5.86. The Morgan fingerprint density at radius 2 is 2.33 bits per heavy atom. The fourth-order valence-electron chi connectivity index (χ4n) is 2.08. The number of hydrogen-bond donors (Lipinski definition) is 1. The van der Waals surface area contributed by atoms with Crippen LogP contribution in [0.5, 0.6) is 0 Å². The molecule has 1 aromatic heterocycles. The summed E-state index contributed by atoms with van der Waals surface area (Å²) in [5.74, 6) is 0.644. The summed E-state index contributed by atoms with van der Waals surface area (Å²) in [5, 5.41) is 8.69. The Morgan fingerprint density at radius 3 is 2.94 bits per heavy atom. The minimum atomic E-state index is -0.942. The van der Waals surface area contributed by atoms with Crippen molar-refractivity contribution in [3.8, 4) is 0 Å². The molecule has 1 heterocycles. The fourth-order valence-corrected chi connectivity index (χ4v) is 2.08. The number of carboxylic acid groups (broad SMARTS) is 1. The first-order valence-electron chi connectivity index (χ1n) is 6.18. The van der Waals surface area contributed by atoms with E-state index >= 15 is 0 Å². The largest absolute Gasteiger partial charge is 0.478 e. The fraction of sp³-hybridized carbons (Fsp3) is 0.429. The van der Waals surface area contributed by atoms with Crippen LogP contribution < -0.4 is 4.90 Å². The van der Waals surface area contributed by atoms with Crippen LogP contribution in [0.1, 0.15) is 25.3 Å². The highest BCUT2D eigenvalue weighted by atomic mass is 16.4. The number of nitrogens with zero attached hydrogens (tertiary/aromatic N) is 2. The zero-order chi connectivity index (χ0) is 13.1. The van der Waals surface area contributed by atoms with Crippen LogP contribution in [0.2, 0.25) is 0 Å². The number of hydrogen-bond acceptors (Lipinski definition) is 3. The molecule has 0 radical (unpaired) electrons. The van der Waals surface area contributed by atoms with Gasteiger partial charge in [-0.05, 0) is 43.9 Å². The highest BCUT2D eigenvalue weighted by Gasteiger charge is 2.31. The minimum absolute atomic E-state index is 0.442. The molecule has 96 valence electrons. The Hall–Kier alpha value is -1.84. The van der Waals surface area contributed by atoms with Crippen molar-refractivity contribution in [2.45, 2.75) is 25.8 Å². The van der Waals surface area contributed by atoms with Crippen molar-refractivity contribution in [1.29, 1.82) is 0 Å². The normalized spacial score (nSPS) is 16.8. The van der Waals surface area contributed by atoms with Crippen molar-refractivity contribution in [1.82, 2.24) is 4.98 Å². The van der Waals surface area contributed by atoms with Crippen LogP contribution in [0.4, 0.5) is 5.82 Å². The Bertz CT molecular complexity index is 467. The lowest BCUT2D eigenvalue weighted by Crippen LogP contribution is -2.31. The van der Waals surface area contributed by atoms with Crippen molar-refractivity contribution in [2.75, 3.05) is 11.9 Å². The maximum absolute atomic E-state index is 10.6. The first kappa shape index (κ1) is 12.6. The van der Waals surface area contributed by atoms with Crippen LogP contribution in [0, 0.1) is 5.92 Å². The summed E-state index contributed by atoms with van der Waals surface area (Å²) < 4.78 is 0. The molecule has 1 aliphatic rings.